The van der Waals surface area contributed by atoms with Crippen molar-refractivity contribution in [2.45, 2.75) is 140 Å². The van der Waals surface area contributed by atoms with Crippen LogP contribution in [-0.2, 0) is 28.7 Å². The van der Waals surface area contributed by atoms with Crippen molar-refractivity contribution >= 4 is 19.0 Å². The molecule has 0 radical (unpaired) electrons. The number of benzene rings is 1. The fourth-order valence-electron chi connectivity index (χ4n) is 7.13. The van der Waals surface area contributed by atoms with Gasteiger partial charge in [0.05, 0.1) is 49.4 Å². The SMILES string of the molecule is CCCCCCCCCCCCCCCCCCOC[C@H](COP(=O)(O)OC[C@H]1O[C@@](C#N)(c2ccc3c(N)ccnn23)[C@H](O)[C@@H]1O)Oc1ccc(C#N)c(OC)c1. The molecule has 16 heteroatoms. The van der Waals surface area contributed by atoms with Gasteiger partial charge in [0.1, 0.15) is 48.1 Å². The minimum atomic E-state index is -4.81. The molecule has 1 aromatic carbocycles. The van der Waals surface area contributed by atoms with Crippen LogP contribution in [0.15, 0.2) is 42.6 Å². The summed E-state index contributed by atoms with van der Waals surface area (Å²) < 4.78 is 48.0. The Bertz CT molecular complexity index is 1810. The van der Waals surface area contributed by atoms with Gasteiger partial charge >= 0.3 is 7.82 Å². The molecule has 4 rings (SSSR count). The number of unbranched alkanes of at least 4 members (excludes halogenated alkanes) is 15. The topological polar surface area (TPSA) is 224 Å². The molecule has 3 aromatic rings. The minimum Gasteiger partial charge on any atom is -0.495 e. The molecule has 1 saturated heterocycles. The Morgan fingerprint density at radius 2 is 1.55 bits per heavy atom. The van der Waals surface area contributed by atoms with Crippen LogP contribution in [0.3, 0.4) is 0 Å². The number of aromatic nitrogens is 2. The zero-order valence-electron chi connectivity index (χ0n) is 34.0. The molecule has 2 aromatic heterocycles. The Morgan fingerprint density at radius 1 is 0.914 bits per heavy atom. The first-order valence-corrected chi connectivity index (χ1v) is 22.2. The molecular formula is C42H62N5O10P. The third-order valence-electron chi connectivity index (χ3n) is 10.5. The zero-order valence-corrected chi connectivity index (χ0v) is 34.9. The van der Waals surface area contributed by atoms with Crippen LogP contribution in [0.4, 0.5) is 5.69 Å². The monoisotopic (exact) mass is 827 g/mol. The van der Waals surface area contributed by atoms with Crippen LogP contribution >= 0.6 is 7.82 Å². The van der Waals surface area contributed by atoms with E-state index in [0.29, 0.717) is 34.9 Å². The molecule has 58 heavy (non-hydrogen) atoms. The van der Waals surface area contributed by atoms with E-state index in [1.165, 1.54) is 119 Å². The highest BCUT2D eigenvalue weighted by Gasteiger charge is 2.58. The lowest BCUT2D eigenvalue weighted by Crippen LogP contribution is -2.41. The number of anilines is 1. The Labute approximate surface area is 342 Å². The summed E-state index contributed by atoms with van der Waals surface area (Å²) >= 11 is 0. The molecule has 1 aliphatic rings. The van der Waals surface area contributed by atoms with E-state index < -0.39 is 51.1 Å². The molecule has 0 amide bonds. The van der Waals surface area contributed by atoms with Gasteiger partial charge in [-0.15, -0.1) is 0 Å². The van der Waals surface area contributed by atoms with Gasteiger partial charge in [0.2, 0.25) is 5.60 Å². The van der Waals surface area contributed by atoms with E-state index in [1.54, 1.807) is 18.2 Å². The molecule has 320 valence electrons. The van der Waals surface area contributed by atoms with E-state index in [-0.39, 0.29) is 12.3 Å². The van der Waals surface area contributed by atoms with Gasteiger partial charge in [0.15, 0.2) is 0 Å². The molecule has 1 fully saturated rings. The van der Waals surface area contributed by atoms with Crippen molar-refractivity contribution in [1.82, 2.24) is 9.61 Å². The van der Waals surface area contributed by atoms with Crippen molar-refractivity contribution in [1.29, 1.82) is 10.5 Å². The molecule has 15 nitrogen and oxygen atoms in total. The van der Waals surface area contributed by atoms with Gasteiger partial charge in [-0.05, 0) is 36.8 Å². The number of hydrogen-bond donors (Lipinski definition) is 4. The minimum absolute atomic E-state index is 0.0200. The maximum absolute atomic E-state index is 13.1. The number of nitrogens with zero attached hydrogens (tertiary/aromatic N) is 4. The van der Waals surface area contributed by atoms with Crippen molar-refractivity contribution in [3.05, 3.63) is 53.9 Å². The van der Waals surface area contributed by atoms with Gasteiger partial charge < -0.3 is 39.8 Å². The van der Waals surface area contributed by atoms with E-state index >= 15 is 0 Å². The highest BCUT2D eigenvalue weighted by Crippen LogP contribution is 2.46. The number of ether oxygens (including phenoxy) is 4. The van der Waals surface area contributed by atoms with Gasteiger partial charge in [0, 0.05) is 18.9 Å². The summed E-state index contributed by atoms with van der Waals surface area (Å²) in [4.78, 5) is 10.6. The number of aliphatic hydroxyl groups excluding tert-OH is 2. The van der Waals surface area contributed by atoms with E-state index in [0.717, 1.165) is 19.3 Å². The second-order valence-corrected chi connectivity index (χ2v) is 16.3. The van der Waals surface area contributed by atoms with Crippen LogP contribution in [-0.4, -0.2) is 82.7 Å². The number of aliphatic hydroxyl groups is 2. The average Bonchev–Trinajstić information content (AvgIpc) is 3.77. The number of nitrogen functional groups attached to an aromatic ring is 1. The fraction of sp³-hybridized carbons (Fsp3) is 0.643. The predicted octanol–water partition coefficient (Wildman–Crippen LogP) is 7.50. The third kappa shape index (κ3) is 13.7. The zero-order chi connectivity index (χ0) is 41.8. The lowest BCUT2D eigenvalue weighted by molar-refractivity contribution is -0.0651. The number of rotatable bonds is 29. The third-order valence-corrected chi connectivity index (χ3v) is 11.4. The Hall–Kier alpha value is -3.76. The summed E-state index contributed by atoms with van der Waals surface area (Å²) in [6, 6.07) is 13.3. The van der Waals surface area contributed by atoms with Crippen molar-refractivity contribution in [2.24, 2.45) is 0 Å². The smallest absolute Gasteiger partial charge is 0.472 e. The van der Waals surface area contributed by atoms with Gasteiger partial charge in [-0.1, -0.05) is 103 Å². The molecule has 3 heterocycles. The number of methoxy groups -OCH3 is 1. The van der Waals surface area contributed by atoms with Crippen LogP contribution in [0.2, 0.25) is 0 Å². The second kappa shape index (κ2) is 24.4. The number of fused-ring (bicyclic) bond motifs is 1. The summed E-state index contributed by atoms with van der Waals surface area (Å²) in [5, 5.41) is 45.6. The molecule has 0 saturated carbocycles. The van der Waals surface area contributed by atoms with Crippen LogP contribution < -0.4 is 15.2 Å². The average molecular weight is 828 g/mol. The number of hydrogen-bond acceptors (Lipinski definition) is 13. The molecule has 1 aliphatic heterocycles. The Balaban J connectivity index is 1.22. The van der Waals surface area contributed by atoms with E-state index in [9.17, 15) is 30.2 Å². The quantitative estimate of drug-likeness (QED) is 0.0393. The first-order chi connectivity index (χ1) is 28.1. The van der Waals surface area contributed by atoms with E-state index in [2.05, 4.69) is 12.0 Å². The lowest BCUT2D eigenvalue weighted by atomic mass is 9.92. The van der Waals surface area contributed by atoms with Crippen LogP contribution in [0.1, 0.15) is 121 Å². The highest BCUT2D eigenvalue weighted by molar-refractivity contribution is 7.47. The molecule has 0 aliphatic carbocycles. The largest absolute Gasteiger partial charge is 0.495 e. The molecule has 6 atom stereocenters. The van der Waals surface area contributed by atoms with E-state index in [1.807, 2.05) is 12.1 Å². The van der Waals surface area contributed by atoms with Crippen LogP contribution in [0.25, 0.3) is 5.52 Å². The number of nitrogens with two attached hydrogens (primary N) is 1. The normalized spacial score (nSPS) is 20.7. The number of phosphoric acid groups is 1. The molecule has 0 bridgehead atoms. The number of phosphoric ester groups is 1. The van der Waals surface area contributed by atoms with Crippen molar-refractivity contribution in [2.75, 3.05) is 39.3 Å². The first-order valence-electron chi connectivity index (χ1n) is 20.7. The van der Waals surface area contributed by atoms with Crippen LogP contribution in [0.5, 0.6) is 11.5 Å². The summed E-state index contributed by atoms with van der Waals surface area (Å²) in [5.74, 6) is 0.616. The Kier molecular flexibility index (Phi) is 19.7. The first kappa shape index (κ1) is 46.9. The maximum atomic E-state index is 13.1. The molecular weight excluding hydrogens is 765 g/mol. The lowest BCUT2D eigenvalue weighted by Gasteiger charge is -2.24. The van der Waals surface area contributed by atoms with E-state index in [4.69, 9.17) is 33.7 Å². The second-order valence-electron chi connectivity index (χ2n) is 14.9. The van der Waals surface area contributed by atoms with Crippen molar-refractivity contribution in [3.8, 4) is 23.6 Å². The highest BCUT2D eigenvalue weighted by atomic mass is 31.2. The summed E-state index contributed by atoms with van der Waals surface area (Å²) in [6.45, 7) is 1.59. The molecule has 1 unspecified atom stereocenters. The molecule has 0 spiro atoms. The molecule has 5 N–H and O–H groups in total. The predicted molar refractivity (Wildman–Crippen MR) is 218 cm³/mol. The number of nitriles is 2. The summed E-state index contributed by atoms with van der Waals surface area (Å²) in [7, 11) is -3.38. The van der Waals surface area contributed by atoms with Crippen molar-refractivity contribution in [3.63, 3.8) is 0 Å². The van der Waals surface area contributed by atoms with Gasteiger partial charge in [-0.3, -0.25) is 9.05 Å². The van der Waals surface area contributed by atoms with Gasteiger partial charge in [0.25, 0.3) is 0 Å². The standard InChI is InChI=1S/C42H62N5O10P/c1-3-4-5-6-7-8-9-10-11-12-13-14-15-16-17-18-25-53-28-34(56-33-20-19-32(27-43)37(26-33)52-2)29-54-58(50,51)55-30-38-40(48)41(49)42(31-44,57-38)39-22-21-36-35(45)23-24-46-47(36)39/h19-24,26,34,38,40-41,48-49H,3-18,25,28-30,45H2,1-2H3,(H,50,51)/t34-,38-,40-,41-,42+/m1/s1. The van der Waals surface area contributed by atoms with Gasteiger partial charge in [-0.25, -0.2) is 9.08 Å². The van der Waals surface area contributed by atoms with Crippen molar-refractivity contribution < 1.29 is 47.7 Å². The van der Waals surface area contributed by atoms with Gasteiger partial charge in [-0.2, -0.15) is 15.6 Å². The maximum Gasteiger partial charge on any atom is 0.472 e. The van der Waals surface area contributed by atoms with Crippen LogP contribution in [0, 0.1) is 22.7 Å². The fourth-order valence-corrected chi connectivity index (χ4v) is 7.89. The Morgan fingerprint density at radius 3 is 2.16 bits per heavy atom. The summed E-state index contributed by atoms with van der Waals surface area (Å²) in [6.07, 6.45) is 15.9. The summed E-state index contributed by atoms with van der Waals surface area (Å²) in [5.41, 5.74) is 5.17.